The van der Waals surface area contributed by atoms with Crippen molar-refractivity contribution in [3.05, 3.63) is 29.3 Å². The smallest absolute Gasteiger partial charge is 0.256 e. The lowest BCUT2D eigenvalue weighted by atomic mass is 10.1. The molecular weight excluding hydrogens is 228 g/mol. The molecule has 1 aromatic rings. The number of carbonyl (C=O) groups excluding carboxylic acids is 1. The minimum Gasteiger partial charge on any atom is -0.398 e. The predicted octanol–water partition coefficient (Wildman–Crippen LogP) is 1.83. The van der Waals surface area contributed by atoms with Crippen LogP contribution in [0.5, 0.6) is 0 Å². The minimum absolute atomic E-state index is 0.00106. The molecule has 2 N–H and O–H groups in total. The molecule has 4 nitrogen and oxygen atoms in total. The zero-order valence-electron chi connectivity index (χ0n) is 11.1. The molecule has 1 aromatic carbocycles. The summed E-state index contributed by atoms with van der Waals surface area (Å²) in [7, 11) is 0. The second kappa shape index (κ2) is 4.98. The Morgan fingerprint density at radius 1 is 1.44 bits per heavy atom. The number of nitrogens with two attached hydrogens (primary N) is 1. The van der Waals surface area contributed by atoms with Gasteiger partial charge >= 0.3 is 0 Å². The van der Waals surface area contributed by atoms with Crippen LogP contribution in [0.25, 0.3) is 0 Å². The van der Waals surface area contributed by atoms with E-state index in [0.29, 0.717) is 24.4 Å². The Morgan fingerprint density at radius 2 is 2.17 bits per heavy atom. The number of benzene rings is 1. The molecule has 0 bridgehead atoms. The predicted molar refractivity (Wildman–Crippen MR) is 71.5 cm³/mol. The third kappa shape index (κ3) is 2.34. The first-order chi connectivity index (χ1) is 8.50. The van der Waals surface area contributed by atoms with E-state index in [-0.39, 0.29) is 18.1 Å². The first-order valence-electron chi connectivity index (χ1n) is 6.28. The molecular formula is C14H20N2O2. The molecule has 1 saturated heterocycles. The Morgan fingerprint density at radius 3 is 2.89 bits per heavy atom. The van der Waals surface area contributed by atoms with E-state index in [1.807, 2.05) is 37.8 Å². The molecule has 0 aliphatic carbocycles. The van der Waals surface area contributed by atoms with Gasteiger partial charge in [-0.05, 0) is 32.4 Å². The van der Waals surface area contributed by atoms with Crippen LogP contribution >= 0.6 is 0 Å². The van der Waals surface area contributed by atoms with Crippen molar-refractivity contribution in [3.63, 3.8) is 0 Å². The van der Waals surface area contributed by atoms with E-state index in [1.54, 1.807) is 6.07 Å². The van der Waals surface area contributed by atoms with Crippen LogP contribution in [0.1, 0.15) is 29.8 Å². The highest BCUT2D eigenvalue weighted by Gasteiger charge is 2.29. The lowest BCUT2D eigenvalue weighted by Gasteiger charge is -2.37. The van der Waals surface area contributed by atoms with Crippen molar-refractivity contribution in [3.8, 4) is 0 Å². The number of hydrogen-bond acceptors (Lipinski definition) is 3. The Kier molecular flexibility index (Phi) is 3.57. The molecule has 1 fully saturated rings. The fourth-order valence-corrected chi connectivity index (χ4v) is 2.21. The van der Waals surface area contributed by atoms with Crippen LogP contribution in [0.3, 0.4) is 0 Å². The molecule has 0 spiro atoms. The summed E-state index contributed by atoms with van der Waals surface area (Å²) in [6, 6.07) is 5.66. The highest BCUT2D eigenvalue weighted by molar-refractivity contribution is 6.00. The van der Waals surface area contributed by atoms with Gasteiger partial charge in [0.15, 0.2) is 0 Å². The van der Waals surface area contributed by atoms with Gasteiger partial charge in [0.2, 0.25) is 0 Å². The second-order valence-electron chi connectivity index (χ2n) is 4.99. The van der Waals surface area contributed by atoms with E-state index < -0.39 is 0 Å². The maximum atomic E-state index is 12.5. The highest BCUT2D eigenvalue weighted by atomic mass is 16.5. The fourth-order valence-electron chi connectivity index (χ4n) is 2.21. The van der Waals surface area contributed by atoms with Crippen LogP contribution in [0.4, 0.5) is 5.69 Å². The molecule has 2 unspecified atom stereocenters. The average molecular weight is 248 g/mol. The number of nitrogen functional groups attached to an aromatic ring is 1. The number of nitrogens with zero attached hydrogens (tertiary/aromatic N) is 1. The third-order valence-electron chi connectivity index (χ3n) is 3.42. The monoisotopic (exact) mass is 248 g/mol. The van der Waals surface area contributed by atoms with Crippen LogP contribution in [0.2, 0.25) is 0 Å². The van der Waals surface area contributed by atoms with E-state index >= 15 is 0 Å². The van der Waals surface area contributed by atoms with E-state index in [1.165, 1.54) is 0 Å². The Labute approximate surface area is 108 Å². The van der Waals surface area contributed by atoms with E-state index in [0.717, 1.165) is 5.56 Å². The van der Waals surface area contributed by atoms with Crippen molar-refractivity contribution in [2.45, 2.75) is 32.9 Å². The molecule has 18 heavy (non-hydrogen) atoms. The average Bonchev–Trinajstić information content (AvgIpc) is 2.35. The van der Waals surface area contributed by atoms with E-state index in [9.17, 15) is 4.79 Å². The minimum atomic E-state index is -0.00106. The Hall–Kier alpha value is -1.55. The van der Waals surface area contributed by atoms with Crippen LogP contribution < -0.4 is 5.73 Å². The number of ether oxygens (including phenoxy) is 1. The molecule has 1 amide bonds. The zero-order valence-corrected chi connectivity index (χ0v) is 11.1. The lowest BCUT2D eigenvalue weighted by Crippen LogP contribution is -2.50. The summed E-state index contributed by atoms with van der Waals surface area (Å²) in [5, 5.41) is 0. The van der Waals surface area contributed by atoms with Gasteiger partial charge < -0.3 is 15.4 Å². The summed E-state index contributed by atoms with van der Waals surface area (Å²) >= 11 is 0. The molecule has 0 radical (unpaired) electrons. The number of morpholine rings is 1. The summed E-state index contributed by atoms with van der Waals surface area (Å²) in [5.41, 5.74) is 8.10. The van der Waals surface area contributed by atoms with Crippen LogP contribution in [0.15, 0.2) is 18.2 Å². The van der Waals surface area contributed by atoms with Gasteiger partial charge in [-0.15, -0.1) is 0 Å². The number of anilines is 1. The molecule has 1 aliphatic heterocycles. The summed E-state index contributed by atoms with van der Waals surface area (Å²) in [5.74, 6) is -0.00106. The molecule has 1 aliphatic rings. The number of hydrogen-bond donors (Lipinski definition) is 1. The zero-order chi connectivity index (χ0) is 13.3. The number of aryl methyl sites for hydroxylation is 1. The number of rotatable bonds is 1. The fraction of sp³-hybridized carbons (Fsp3) is 0.500. The van der Waals surface area contributed by atoms with Gasteiger partial charge in [-0.3, -0.25) is 4.79 Å². The molecule has 2 atom stereocenters. The van der Waals surface area contributed by atoms with Gasteiger partial charge in [-0.2, -0.15) is 0 Å². The second-order valence-corrected chi connectivity index (χ2v) is 4.99. The third-order valence-corrected chi connectivity index (χ3v) is 3.42. The normalized spacial score (nSPS) is 24.1. The van der Waals surface area contributed by atoms with E-state index in [2.05, 4.69) is 0 Å². The molecule has 98 valence electrons. The summed E-state index contributed by atoms with van der Waals surface area (Å²) < 4.78 is 5.54. The van der Waals surface area contributed by atoms with Gasteiger partial charge in [0, 0.05) is 12.2 Å². The number of amides is 1. The first kappa shape index (κ1) is 12.9. The topological polar surface area (TPSA) is 55.6 Å². The maximum Gasteiger partial charge on any atom is 0.256 e. The van der Waals surface area contributed by atoms with Gasteiger partial charge in [0.25, 0.3) is 5.91 Å². The summed E-state index contributed by atoms with van der Waals surface area (Å²) in [6.45, 7) is 7.09. The van der Waals surface area contributed by atoms with Gasteiger partial charge in [-0.25, -0.2) is 0 Å². The molecule has 0 aromatic heterocycles. The molecule has 2 rings (SSSR count). The summed E-state index contributed by atoms with van der Waals surface area (Å²) in [4.78, 5) is 14.4. The van der Waals surface area contributed by atoms with Crippen LogP contribution in [-0.2, 0) is 4.74 Å². The highest BCUT2D eigenvalue weighted by Crippen LogP contribution is 2.21. The van der Waals surface area contributed by atoms with Crippen molar-refractivity contribution < 1.29 is 9.53 Å². The van der Waals surface area contributed by atoms with Crippen molar-refractivity contribution >= 4 is 11.6 Å². The molecule has 4 heteroatoms. The van der Waals surface area contributed by atoms with Gasteiger partial charge in [-0.1, -0.05) is 12.1 Å². The van der Waals surface area contributed by atoms with Crippen molar-refractivity contribution in [2.24, 2.45) is 0 Å². The maximum absolute atomic E-state index is 12.5. The van der Waals surface area contributed by atoms with Gasteiger partial charge in [0.1, 0.15) is 0 Å². The quantitative estimate of drug-likeness (QED) is 0.771. The van der Waals surface area contributed by atoms with Crippen LogP contribution in [-0.4, -0.2) is 36.1 Å². The standard InChI is InChI=1S/C14H20N2O2/c1-9-5-4-6-12(13(9)15)14(17)16-7-11(3)18-8-10(16)2/h4-6,10-11H,7-8,15H2,1-3H3. The number of carbonyl (C=O) groups is 1. The number of para-hydroxylation sites is 1. The SMILES string of the molecule is Cc1cccc(C(=O)N2CC(C)OCC2C)c1N. The Balaban J connectivity index is 2.27. The van der Waals surface area contributed by atoms with E-state index in [4.69, 9.17) is 10.5 Å². The summed E-state index contributed by atoms with van der Waals surface area (Å²) in [6.07, 6.45) is 0.0798. The van der Waals surface area contributed by atoms with Gasteiger partial charge in [0.05, 0.1) is 24.3 Å². The van der Waals surface area contributed by atoms with Crippen LogP contribution in [0, 0.1) is 6.92 Å². The van der Waals surface area contributed by atoms with Crippen molar-refractivity contribution in [1.29, 1.82) is 0 Å². The van der Waals surface area contributed by atoms with Crippen molar-refractivity contribution in [1.82, 2.24) is 4.90 Å². The lowest BCUT2D eigenvalue weighted by molar-refractivity contribution is -0.0386. The molecule has 0 saturated carbocycles. The largest absolute Gasteiger partial charge is 0.398 e. The molecule has 1 heterocycles. The Bertz CT molecular complexity index is 459. The first-order valence-corrected chi connectivity index (χ1v) is 6.28. The van der Waals surface area contributed by atoms with Crippen molar-refractivity contribution in [2.75, 3.05) is 18.9 Å².